The number of nitrogens with zero attached hydrogens (tertiary/aromatic N) is 2. The SMILES string of the molecule is CCOC(=O)Cn1cc2c(n1)-c1cc(Cl)ccc1[S+]([O-])C2. The largest absolute Gasteiger partial charge is 0.611 e. The van der Waals surface area contributed by atoms with Crippen LogP contribution in [0.15, 0.2) is 29.3 Å². The van der Waals surface area contributed by atoms with Gasteiger partial charge in [0.25, 0.3) is 0 Å². The zero-order chi connectivity index (χ0) is 15.0. The summed E-state index contributed by atoms with van der Waals surface area (Å²) in [4.78, 5) is 12.3. The highest BCUT2D eigenvalue weighted by molar-refractivity contribution is 7.90. The standard InChI is InChI=1S/C14H13ClN2O3S/c1-2-20-13(18)7-17-6-9-8-21(19)12-4-3-10(15)5-11(12)14(9)16-17/h3-6H,2,7-8H2,1H3. The van der Waals surface area contributed by atoms with Gasteiger partial charge in [-0.25, -0.2) is 0 Å². The number of aromatic nitrogens is 2. The summed E-state index contributed by atoms with van der Waals surface area (Å²) in [7, 11) is 0. The average molecular weight is 325 g/mol. The minimum atomic E-state index is -1.12. The maximum atomic E-state index is 12.2. The molecule has 110 valence electrons. The Morgan fingerprint density at radius 2 is 2.38 bits per heavy atom. The molecule has 0 fully saturated rings. The fourth-order valence-electron chi connectivity index (χ4n) is 2.32. The number of benzene rings is 1. The molecule has 1 aliphatic rings. The van der Waals surface area contributed by atoms with E-state index in [9.17, 15) is 9.35 Å². The molecule has 0 N–H and O–H groups in total. The second-order valence-electron chi connectivity index (χ2n) is 4.64. The molecule has 7 heteroatoms. The molecule has 0 radical (unpaired) electrons. The summed E-state index contributed by atoms with van der Waals surface area (Å²) in [5.41, 5.74) is 2.36. The van der Waals surface area contributed by atoms with Gasteiger partial charge in [-0.2, -0.15) is 5.10 Å². The van der Waals surface area contributed by atoms with Crippen molar-refractivity contribution in [3.05, 3.63) is 35.0 Å². The fraction of sp³-hybridized carbons (Fsp3) is 0.286. The molecule has 5 nitrogen and oxygen atoms in total. The van der Waals surface area contributed by atoms with Gasteiger partial charge in [-0.3, -0.25) is 9.48 Å². The molecule has 0 aliphatic carbocycles. The van der Waals surface area contributed by atoms with Gasteiger partial charge in [-0.15, -0.1) is 0 Å². The van der Waals surface area contributed by atoms with Gasteiger partial charge in [-0.05, 0) is 36.3 Å². The van der Waals surface area contributed by atoms with Gasteiger partial charge in [0.2, 0.25) is 0 Å². The highest BCUT2D eigenvalue weighted by Crippen LogP contribution is 2.38. The van der Waals surface area contributed by atoms with Crippen molar-refractivity contribution in [2.45, 2.75) is 24.1 Å². The van der Waals surface area contributed by atoms with Crippen LogP contribution in [0, 0.1) is 0 Å². The van der Waals surface area contributed by atoms with Gasteiger partial charge in [-0.1, -0.05) is 11.6 Å². The van der Waals surface area contributed by atoms with Crippen molar-refractivity contribution >= 4 is 28.7 Å². The zero-order valence-electron chi connectivity index (χ0n) is 11.3. The Bertz CT molecular complexity index is 702. The molecular formula is C14H13ClN2O3S. The molecule has 0 amide bonds. The van der Waals surface area contributed by atoms with Crippen molar-refractivity contribution < 1.29 is 14.1 Å². The Morgan fingerprint density at radius 3 is 3.14 bits per heavy atom. The zero-order valence-corrected chi connectivity index (χ0v) is 12.9. The monoisotopic (exact) mass is 324 g/mol. The smallest absolute Gasteiger partial charge is 0.327 e. The van der Waals surface area contributed by atoms with E-state index in [-0.39, 0.29) is 12.5 Å². The average Bonchev–Trinajstić information content (AvgIpc) is 2.81. The Kier molecular flexibility index (Phi) is 3.93. The first-order valence-corrected chi connectivity index (χ1v) is 8.18. The maximum absolute atomic E-state index is 12.2. The van der Waals surface area contributed by atoms with Gasteiger partial charge in [0, 0.05) is 16.8 Å². The molecule has 1 aromatic heterocycles. The third kappa shape index (κ3) is 2.79. The van der Waals surface area contributed by atoms with E-state index < -0.39 is 11.2 Å². The number of rotatable bonds is 3. The number of halogens is 1. The Labute approximate surface area is 130 Å². The van der Waals surface area contributed by atoms with Crippen LogP contribution in [-0.4, -0.2) is 26.9 Å². The van der Waals surface area contributed by atoms with E-state index in [0.29, 0.717) is 17.4 Å². The van der Waals surface area contributed by atoms with Crippen LogP contribution in [0.4, 0.5) is 0 Å². The van der Waals surface area contributed by atoms with Crippen LogP contribution in [0.1, 0.15) is 12.5 Å². The second-order valence-corrected chi connectivity index (χ2v) is 6.49. The van der Waals surface area contributed by atoms with E-state index in [2.05, 4.69) is 5.10 Å². The van der Waals surface area contributed by atoms with Crippen LogP contribution >= 0.6 is 11.6 Å². The van der Waals surface area contributed by atoms with Gasteiger partial charge in [0.1, 0.15) is 18.0 Å². The normalized spacial score (nSPS) is 16.2. The molecule has 21 heavy (non-hydrogen) atoms. The predicted molar refractivity (Wildman–Crippen MR) is 79.4 cm³/mol. The van der Waals surface area contributed by atoms with E-state index >= 15 is 0 Å². The van der Waals surface area contributed by atoms with E-state index in [4.69, 9.17) is 16.3 Å². The Balaban J connectivity index is 1.97. The predicted octanol–water partition coefficient (Wildman–Crippen LogP) is 2.39. The first-order chi connectivity index (χ1) is 10.1. The number of esters is 1. The molecule has 1 unspecified atom stereocenters. The van der Waals surface area contributed by atoms with Crippen molar-refractivity contribution in [1.82, 2.24) is 9.78 Å². The molecule has 2 heterocycles. The highest BCUT2D eigenvalue weighted by Gasteiger charge is 2.30. The van der Waals surface area contributed by atoms with Gasteiger partial charge < -0.3 is 9.29 Å². The first kappa shape index (κ1) is 14.4. The van der Waals surface area contributed by atoms with Crippen LogP contribution in [0.3, 0.4) is 0 Å². The fourth-order valence-corrected chi connectivity index (χ4v) is 3.76. The van der Waals surface area contributed by atoms with Crippen molar-refractivity contribution in [2.24, 2.45) is 0 Å². The van der Waals surface area contributed by atoms with Crippen molar-refractivity contribution in [1.29, 1.82) is 0 Å². The highest BCUT2D eigenvalue weighted by atomic mass is 35.5. The van der Waals surface area contributed by atoms with Crippen LogP contribution in [-0.2, 0) is 33.0 Å². The summed E-state index contributed by atoms with van der Waals surface area (Å²) in [6.45, 7) is 2.14. The lowest BCUT2D eigenvalue weighted by atomic mass is 10.1. The molecule has 3 rings (SSSR count). The van der Waals surface area contributed by atoms with Crippen molar-refractivity contribution in [3.63, 3.8) is 0 Å². The molecule has 0 saturated heterocycles. The van der Waals surface area contributed by atoms with E-state index in [1.165, 1.54) is 4.68 Å². The molecule has 2 aromatic rings. The molecular weight excluding hydrogens is 312 g/mol. The quantitative estimate of drug-likeness (QED) is 0.642. The van der Waals surface area contributed by atoms with Crippen LogP contribution in [0.2, 0.25) is 5.02 Å². The molecule has 1 aromatic carbocycles. The Hall–Kier alpha value is -1.50. The van der Waals surface area contributed by atoms with Crippen LogP contribution in [0.5, 0.6) is 0 Å². The summed E-state index contributed by atoms with van der Waals surface area (Å²) in [5.74, 6) is 0.0528. The number of carbonyl (C=O) groups is 1. The Morgan fingerprint density at radius 1 is 1.57 bits per heavy atom. The number of carbonyl (C=O) groups excluding carboxylic acids is 1. The molecule has 1 aliphatic heterocycles. The van der Waals surface area contributed by atoms with E-state index in [1.54, 1.807) is 31.3 Å². The molecule has 0 saturated carbocycles. The number of fused-ring (bicyclic) bond motifs is 3. The first-order valence-electron chi connectivity index (χ1n) is 6.48. The summed E-state index contributed by atoms with van der Waals surface area (Å²) in [6.07, 6.45) is 1.74. The summed E-state index contributed by atoms with van der Waals surface area (Å²) < 4.78 is 18.7. The number of hydrogen-bond donors (Lipinski definition) is 0. The maximum Gasteiger partial charge on any atom is 0.327 e. The molecule has 1 atom stereocenters. The number of hydrogen-bond acceptors (Lipinski definition) is 4. The lowest BCUT2D eigenvalue weighted by Gasteiger charge is -2.18. The summed E-state index contributed by atoms with van der Waals surface area (Å²) in [5, 5.41) is 4.98. The van der Waals surface area contributed by atoms with Gasteiger partial charge in [0.15, 0.2) is 4.90 Å². The number of ether oxygens (including phenoxy) is 1. The third-order valence-corrected chi connectivity index (χ3v) is 4.82. The van der Waals surface area contributed by atoms with Crippen molar-refractivity contribution in [2.75, 3.05) is 6.61 Å². The molecule has 0 bridgehead atoms. The second kappa shape index (κ2) is 5.71. The lowest BCUT2D eigenvalue weighted by Crippen LogP contribution is -2.13. The van der Waals surface area contributed by atoms with Crippen LogP contribution < -0.4 is 0 Å². The molecule has 0 spiro atoms. The minimum Gasteiger partial charge on any atom is -0.611 e. The topological polar surface area (TPSA) is 67.2 Å². The summed E-state index contributed by atoms with van der Waals surface area (Å²) >= 11 is 4.90. The van der Waals surface area contributed by atoms with E-state index in [0.717, 1.165) is 21.7 Å². The summed E-state index contributed by atoms with van der Waals surface area (Å²) in [6, 6.07) is 5.24. The van der Waals surface area contributed by atoms with Crippen molar-refractivity contribution in [3.8, 4) is 11.3 Å². The van der Waals surface area contributed by atoms with E-state index in [1.807, 2.05) is 0 Å². The minimum absolute atomic E-state index is 0.0450. The van der Waals surface area contributed by atoms with Crippen LogP contribution in [0.25, 0.3) is 11.3 Å². The third-order valence-electron chi connectivity index (χ3n) is 3.16. The van der Waals surface area contributed by atoms with Gasteiger partial charge in [0.05, 0.1) is 12.2 Å². The van der Waals surface area contributed by atoms with Gasteiger partial charge >= 0.3 is 5.97 Å². The lowest BCUT2D eigenvalue weighted by molar-refractivity contribution is -0.144.